The molecule has 1 aromatic rings. The highest BCUT2D eigenvalue weighted by molar-refractivity contribution is 6.00. The summed E-state index contributed by atoms with van der Waals surface area (Å²) in [6.07, 6.45) is 0. The number of Topliss-reactive ketones (excluding diaryl/α,β-unsaturated/α-hetero) is 1. The first-order valence-electron chi connectivity index (χ1n) is 6.82. The lowest BCUT2D eigenvalue weighted by Crippen LogP contribution is -2.38. The summed E-state index contributed by atoms with van der Waals surface area (Å²) in [6, 6.07) is 4.35. The van der Waals surface area contributed by atoms with E-state index in [1.54, 1.807) is 0 Å². The van der Waals surface area contributed by atoms with E-state index in [0.717, 1.165) is 16.7 Å². The highest BCUT2D eigenvalue weighted by Crippen LogP contribution is 2.17. The molecule has 106 valence electrons. The van der Waals surface area contributed by atoms with Gasteiger partial charge in [-0.25, -0.2) is 0 Å². The lowest BCUT2D eigenvalue weighted by atomic mass is 9.96. The van der Waals surface area contributed by atoms with Crippen LogP contribution in [-0.2, 0) is 0 Å². The smallest absolute Gasteiger partial charge is 0.177 e. The van der Waals surface area contributed by atoms with Gasteiger partial charge in [0.2, 0.25) is 0 Å². The van der Waals surface area contributed by atoms with Crippen molar-refractivity contribution in [3.63, 3.8) is 0 Å². The van der Waals surface area contributed by atoms with E-state index in [2.05, 4.69) is 0 Å². The van der Waals surface area contributed by atoms with Gasteiger partial charge in [0.25, 0.3) is 0 Å². The number of carbonyl (C=O) groups excluding carboxylic acids is 1. The average Bonchev–Trinajstić information content (AvgIpc) is 2.26. The van der Waals surface area contributed by atoms with Crippen LogP contribution in [-0.4, -0.2) is 41.5 Å². The van der Waals surface area contributed by atoms with E-state index in [-0.39, 0.29) is 18.4 Å². The van der Waals surface area contributed by atoms with Gasteiger partial charge in [-0.1, -0.05) is 17.7 Å². The van der Waals surface area contributed by atoms with Crippen LogP contribution in [0.1, 0.15) is 40.9 Å². The maximum atomic E-state index is 12.5. The summed E-state index contributed by atoms with van der Waals surface area (Å²) in [5.41, 5.74) is 4.09. The van der Waals surface area contributed by atoms with Gasteiger partial charge >= 0.3 is 0 Å². The van der Waals surface area contributed by atoms with Crippen LogP contribution >= 0.6 is 0 Å². The van der Waals surface area contributed by atoms with Crippen molar-refractivity contribution in [3.05, 3.63) is 34.4 Å². The SMILES string of the molecule is Cc1cc(C)c(C(=O)CN(CCO)C(C)C)c(C)c1. The molecule has 0 aromatic heterocycles. The number of aryl methyl sites for hydroxylation is 3. The number of rotatable bonds is 6. The van der Waals surface area contributed by atoms with E-state index >= 15 is 0 Å². The van der Waals surface area contributed by atoms with Crippen molar-refractivity contribution in [2.45, 2.75) is 40.7 Å². The molecule has 1 rings (SSSR count). The van der Waals surface area contributed by atoms with E-state index < -0.39 is 0 Å². The quantitative estimate of drug-likeness (QED) is 0.802. The molecule has 0 aliphatic carbocycles. The third-order valence-electron chi connectivity index (χ3n) is 3.42. The summed E-state index contributed by atoms with van der Waals surface area (Å²) in [5, 5.41) is 9.06. The third-order valence-corrected chi connectivity index (χ3v) is 3.42. The standard InChI is InChI=1S/C16H25NO2/c1-11(2)17(6-7-18)10-15(19)16-13(4)8-12(3)9-14(16)5/h8-9,11,18H,6-7,10H2,1-5H3. The van der Waals surface area contributed by atoms with Gasteiger partial charge in [0, 0.05) is 18.2 Å². The van der Waals surface area contributed by atoms with Crippen molar-refractivity contribution in [2.75, 3.05) is 19.7 Å². The molecule has 1 aromatic carbocycles. The predicted molar refractivity (Wildman–Crippen MR) is 78.8 cm³/mol. The fourth-order valence-electron chi connectivity index (χ4n) is 2.53. The van der Waals surface area contributed by atoms with Gasteiger partial charge in [-0.15, -0.1) is 0 Å². The second kappa shape index (κ2) is 6.83. The summed E-state index contributed by atoms with van der Waals surface area (Å²) >= 11 is 0. The minimum Gasteiger partial charge on any atom is -0.395 e. The Bertz CT molecular complexity index is 429. The van der Waals surface area contributed by atoms with Gasteiger partial charge < -0.3 is 5.11 Å². The van der Waals surface area contributed by atoms with Crippen molar-refractivity contribution in [2.24, 2.45) is 0 Å². The number of carbonyl (C=O) groups is 1. The molecular weight excluding hydrogens is 238 g/mol. The van der Waals surface area contributed by atoms with Gasteiger partial charge in [-0.2, -0.15) is 0 Å². The molecule has 0 fully saturated rings. The lowest BCUT2D eigenvalue weighted by Gasteiger charge is -2.25. The van der Waals surface area contributed by atoms with Crippen molar-refractivity contribution in [1.82, 2.24) is 4.90 Å². The average molecular weight is 263 g/mol. The normalized spacial score (nSPS) is 11.4. The number of ketones is 1. The molecule has 0 saturated carbocycles. The summed E-state index contributed by atoms with van der Waals surface area (Å²) < 4.78 is 0. The molecule has 0 atom stereocenters. The van der Waals surface area contributed by atoms with Crippen molar-refractivity contribution in [3.8, 4) is 0 Å². The summed E-state index contributed by atoms with van der Waals surface area (Å²) in [5.74, 6) is 0.136. The summed E-state index contributed by atoms with van der Waals surface area (Å²) in [6.45, 7) is 11.1. The molecule has 0 saturated heterocycles. The van der Waals surface area contributed by atoms with Crippen LogP contribution in [0.4, 0.5) is 0 Å². The Kier molecular flexibility index (Phi) is 5.70. The molecule has 1 N–H and O–H groups in total. The summed E-state index contributed by atoms with van der Waals surface area (Å²) in [7, 11) is 0. The molecule has 0 unspecified atom stereocenters. The molecule has 0 spiro atoms. The van der Waals surface area contributed by atoms with Gasteiger partial charge in [-0.3, -0.25) is 9.69 Å². The number of aliphatic hydroxyl groups is 1. The predicted octanol–water partition coefficient (Wildman–Crippen LogP) is 2.50. The molecular formula is C16H25NO2. The molecule has 19 heavy (non-hydrogen) atoms. The minimum absolute atomic E-state index is 0.0807. The molecule has 3 heteroatoms. The van der Waals surface area contributed by atoms with Crippen LogP contribution in [0.2, 0.25) is 0 Å². The van der Waals surface area contributed by atoms with Crippen LogP contribution in [0.5, 0.6) is 0 Å². The topological polar surface area (TPSA) is 40.5 Å². The van der Waals surface area contributed by atoms with Crippen LogP contribution in [0, 0.1) is 20.8 Å². The molecule has 0 radical (unpaired) electrons. The van der Waals surface area contributed by atoms with Crippen LogP contribution in [0.3, 0.4) is 0 Å². The third kappa shape index (κ3) is 4.15. The molecule has 0 aliphatic heterocycles. The second-order valence-corrected chi connectivity index (χ2v) is 5.48. The van der Waals surface area contributed by atoms with Gasteiger partial charge in [-0.05, 0) is 45.7 Å². The van der Waals surface area contributed by atoms with E-state index in [9.17, 15) is 4.79 Å². The molecule has 0 heterocycles. The molecule has 0 amide bonds. The van der Waals surface area contributed by atoms with Crippen LogP contribution in [0.15, 0.2) is 12.1 Å². The van der Waals surface area contributed by atoms with E-state index in [4.69, 9.17) is 5.11 Å². The molecule has 3 nitrogen and oxygen atoms in total. The Morgan fingerprint density at radius 1 is 1.21 bits per heavy atom. The van der Waals surface area contributed by atoms with Crippen LogP contribution in [0.25, 0.3) is 0 Å². The molecule has 0 bridgehead atoms. The zero-order valence-corrected chi connectivity index (χ0v) is 12.7. The Hall–Kier alpha value is -1.19. The first-order chi connectivity index (χ1) is 8.86. The van der Waals surface area contributed by atoms with Gasteiger partial charge in [0.15, 0.2) is 5.78 Å². The van der Waals surface area contributed by atoms with Crippen molar-refractivity contribution in [1.29, 1.82) is 0 Å². The van der Waals surface area contributed by atoms with E-state index in [1.165, 1.54) is 5.56 Å². The molecule has 0 aliphatic rings. The van der Waals surface area contributed by atoms with E-state index in [1.807, 2.05) is 51.7 Å². The van der Waals surface area contributed by atoms with Crippen LogP contribution < -0.4 is 0 Å². The Morgan fingerprint density at radius 2 is 1.74 bits per heavy atom. The Balaban J connectivity index is 2.94. The largest absolute Gasteiger partial charge is 0.395 e. The highest BCUT2D eigenvalue weighted by atomic mass is 16.3. The minimum atomic E-state index is 0.0807. The summed E-state index contributed by atoms with van der Waals surface area (Å²) in [4.78, 5) is 14.5. The monoisotopic (exact) mass is 263 g/mol. The first-order valence-corrected chi connectivity index (χ1v) is 6.82. The highest BCUT2D eigenvalue weighted by Gasteiger charge is 2.18. The fraction of sp³-hybridized carbons (Fsp3) is 0.562. The van der Waals surface area contributed by atoms with E-state index in [0.29, 0.717) is 13.1 Å². The lowest BCUT2D eigenvalue weighted by molar-refractivity contribution is 0.0880. The number of nitrogens with zero attached hydrogens (tertiary/aromatic N) is 1. The second-order valence-electron chi connectivity index (χ2n) is 5.48. The maximum Gasteiger partial charge on any atom is 0.177 e. The zero-order chi connectivity index (χ0) is 14.6. The number of hydrogen-bond acceptors (Lipinski definition) is 3. The fourth-order valence-corrected chi connectivity index (χ4v) is 2.53. The Labute approximate surface area is 116 Å². The maximum absolute atomic E-state index is 12.5. The van der Waals surface area contributed by atoms with Gasteiger partial charge in [0.05, 0.1) is 13.2 Å². The number of hydrogen-bond donors (Lipinski definition) is 1. The van der Waals surface area contributed by atoms with Crippen molar-refractivity contribution < 1.29 is 9.90 Å². The number of benzene rings is 1. The Morgan fingerprint density at radius 3 is 2.16 bits per heavy atom. The van der Waals surface area contributed by atoms with Crippen molar-refractivity contribution >= 4 is 5.78 Å². The van der Waals surface area contributed by atoms with Gasteiger partial charge in [0.1, 0.15) is 0 Å². The number of aliphatic hydroxyl groups excluding tert-OH is 1. The first kappa shape index (κ1) is 15.9. The zero-order valence-electron chi connectivity index (χ0n) is 12.7.